The van der Waals surface area contributed by atoms with E-state index in [0.717, 1.165) is 0 Å². The summed E-state index contributed by atoms with van der Waals surface area (Å²) in [5.74, 6) is -0.524. The molecule has 7 heteroatoms. The van der Waals surface area contributed by atoms with Gasteiger partial charge in [0.05, 0.1) is 15.1 Å². The first-order chi connectivity index (χ1) is 13.0. The lowest BCUT2D eigenvalue weighted by Crippen LogP contribution is -2.12. The van der Waals surface area contributed by atoms with Crippen LogP contribution in [0.15, 0.2) is 69.6 Å². The molecular formula is C20H11BrClFN2O2. The molecule has 0 unspecified atom stereocenters. The van der Waals surface area contributed by atoms with E-state index < -0.39 is 11.7 Å². The topological polar surface area (TPSA) is 55.1 Å². The van der Waals surface area contributed by atoms with E-state index in [0.29, 0.717) is 37.7 Å². The molecule has 0 atom stereocenters. The van der Waals surface area contributed by atoms with Crippen molar-refractivity contribution in [1.82, 2.24) is 4.98 Å². The smallest absolute Gasteiger partial charge is 0.255 e. The summed E-state index contributed by atoms with van der Waals surface area (Å²) in [6.45, 7) is 0. The maximum atomic E-state index is 13.6. The average Bonchev–Trinajstić information content (AvgIpc) is 3.07. The molecule has 0 saturated carbocycles. The quantitative estimate of drug-likeness (QED) is 0.402. The zero-order valence-electron chi connectivity index (χ0n) is 13.7. The number of amides is 1. The minimum atomic E-state index is -0.501. The Morgan fingerprint density at radius 2 is 1.93 bits per heavy atom. The van der Waals surface area contributed by atoms with Crippen LogP contribution < -0.4 is 5.32 Å². The largest absolute Gasteiger partial charge is 0.436 e. The summed E-state index contributed by atoms with van der Waals surface area (Å²) in [6, 6.07) is 16.5. The number of anilines is 1. The molecule has 0 radical (unpaired) electrons. The number of rotatable bonds is 3. The molecule has 0 bridgehead atoms. The molecule has 1 aromatic heterocycles. The highest BCUT2D eigenvalue weighted by molar-refractivity contribution is 9.10. The summed E-state index contributed by atoms with van der Waals surface area (Å²) in [4.78, 5) is 16.8. The second-order valence-corrected chi connectivity index (χ2v) is 7.03. The SMILES string of the molecule is O=C(Nc1ccc2oc(-c3ccccc3Cl)nc2c1)c1ccc(Br)c(F)c1. The van der Waals surface area contributed by atoms with E-state index in [2.05, 4.69) is 26.2 Å². The first-order valence-corrected chi connectivity index (χ1v) is 9.10. The van der Waals surface area contributed by atoms with Gasteiger partial charge in [-0.05, 0) is 64.5 Å². The van der Waals surface area contributed by atoms with Crippen molar-refractivity contribution in [3.05, 3.63) is 81.5 Å². The van der Waals surface area contributed by atoms with Gasteiger partial charge in [0.2, 0.25) is 5.89 Å². The molecule has 0 aliphatic carbocycles. The summed E-state index contributed by atoms with van der Waals surface area (Å²) in [5, 5.41) is 3.27. The van der Waals surface area contributed by atoms with Crippen LogP contribution in [0.2, 0.25) is 5.02 Å². The number of oxazole rings is 1. The predicted molar refractivity (Wildman–Crippen MR) is 107 cm³/mol. The predicted octanol–water partition coefficient (Wildman–Crippen LogP) is 6.30. The number of hydrogen-bond donors (Lipinski definition) is 1. The Balaban J connectivity index is 1.62. The van der Waals surface area contributed by atoms with Crippen LogP contribution in [-0.2, 0) is 0 Å². The van der Waals surface area contributed by atoms with E-state index in [1.807, 2.05) is 18.2 Å². The summed E-state index contributed by atoms with van der Waals surface area (Å²) in [6.07, 6.45) is 0. The number of halogens is 3. The number of carbonyl (C=O) groups is 1. The molecule has 27 heavy (non-hydrogen) atoms. The van der Waals surface area contributed by atoms with Gasteiger partial charge >= 0.3 is 0 Å². The Bertz CT molecular complexity index is 1180. The second-order valence-electron chi connectivity index (χ2n) is 5.76. The third-order valence-electron chi connectivity index (χ3n) is 3.93. The fourth-order valence-electron chi connectivity index (χ4n) is 2.60. The highest BCUT2D eigenvalue weighted by Gasteiger charge is 2.13. The van der Waals surface area contributed by atoms with Gasteiger partial charge in [-0.2, -0.15) is 0 Å². The third-order valence-corrected chi connectivity index (χ3v) is 4.90. The van der Waals surface area contributed by atoms with Crippen LogP contribution in [-0.4, -0.2) is 10.9 Å². The highest BCUT2D eigenvalue weighted by atomic mass is 79.9. The summed E-state index contributed by atoms with van der Waals surface area (Å²) in [5.41, 5.74) is 2.57. The van der Waals surface area contributed by atoms with Crippen molar-refractivity contribution in [2.45, 2.75) is 0 Å². The minimum absolute atomic E-state index is 0.215. The zero-order chi connectivity index (χ0) is 19.0. The number of fused-ring (bicyclic) bond motifs is 1. The van der Waals surface area contributed by atoms with E-state index in [1.54, 1.807) is 24.3 Å². The monoisotopic (exact) mass is 444 g/mol. The molecule has 4 rings (SSSR count). The first kappa shape index (κ1) is 17.7. The zero-order valence-corrected chi connectivity index (χ0v) is 16.0. The molecule has 1 N–H and O–H groups in total. The summed E-state index contributed by atoms with van der Waals surface area (Å²) >= 11 is 9.25. The summed E-state index contributed by atoms with van der Waals surface area (Å²) < 4.78 is 19.7. The van der Waals surface area contributed by atoms with Gasteiger partial charge in [0, 0.05) is 11.3 Å². The summed E-state index contributed by atoms with van der Waals surface area (Å²) in [7, 11) is 0. The molecule has 4 nitrogen and oxygen atoms in total. The molecule has 0 fully saturated rings. The molecular weight excluding hydrogens is 435 g/mol. The van der Waals surface area contributed by atoms with Gasteiger partial charge < -0.3 is 9.73 Å². The van der Waals surface area contributed by atoms with Crippen LogP contribution in [0.4, 0.5) is 10.1 Å². The van der Waals surface area contributed by atoms with Crippen molar-refractivity contribution >= 4 is 50.2 Å². The fraction of sp³-hybridized carbons (Fsp3) is 0. The van der Waals surface area contributed by atoms with Crippen LogP contribution in [0, 0.1) is 5.82 Å². The average molecular weight is 446 g/mol. The number of hydrogen-bond acceptors (Lipinski definition) is 3. The lowest BCUT2D eigenvalue weighted by Gasteiger charge is -2.05. The van der Waals surface area contributed by atoms with Gasteiger partial charge in [0.1, 0.15) is 11.3 Å². The Morgan fingerprint density at radius 3 is 2.70 bits per heavy atom. The Kier molecular flexibility index (Phi) is 4.68. The van der Waals surface area contributed by atoms with Gasteiger partial charge in [-0.3, -0.25) is 4.79 Å². The number of aromatic nitrogens is 1. The van der Waals surface area contributed by atoms with Crippen LogP contribution in [0.3, 0.4) is 0 Å². The van der Waals surface area contributed by atoms with Gasteiger partial charge in [0.25, 0.3) is 5.91 Å². The van der Waals surface area contributed by atoms with Crippen LogP contribution in [0.5, 0.6) is 0 Å². The van der Waals surface area contributed by atoms with Crippen LogP contribution in [0.1, 0.15) is 10.4 Å². The molecule has 1 amide bonds. The van der Waals surface area contributed by atoms with Gasteiger partial charge in [-0.1, -0.05) is 23.7 Å². The molecule has 134 valence electrons. The number of nitrogens with zero attached hydrogens (tertiary/aromatic N) is 1. The van der Waals surface area contributed by atoms with Gasteiger partial charge in [-0.25, -0.2) is 9.37 Å². The molecule has 0 saturated heterocycles. The van der Waals surface area contributed by atoms with Crippen LogP contribution in [0.25, 0.3) is 22.6 Å². The third kappa shape index (κ3) is 3.59. The lowest BCUT2D eigenvalue weighted by molar-refractivity contribution is 0.102. The van der Waals surface area contributed by atoms with Gasteiger partial charge in [-0.15, -0.1) is 0 Å². The highest BCUT2D eigenvalue weighted by Crippen LogP contribution is 2.30. The molecule has 0 aliphatic rings. The number of benzene rings is 3. The van der Waals surface area contributed by atoms with E-state index in [4.69, 9.17) is 16.0 Å². The molecule has 3 aromatic carbocycles. The molecule has 0 spiro atoms. The normalized spacial score (nSPS) is 10.9. The second kappa shape index (κ2) is 7.13. The standard InChI is InChI=1S/C20H11BrClFN2O2/c21-14-7-5-11(9-16(14)23)19(26)24-12-6-8-18-17(10-12)25-20(27-18)13-3-1-2-4-15(13)22/h1-10H,(H,24,26). The van der Waals surface area contributed by atoms with Crippen molar-refractivity contribution < 1.29 is 13.6 Å². The van der Waals surface area contributed by atoms with Crippen molar-refractivity contribution in [3.63, 3.8) is 0 Å². The number of nitrogens with one attached hydrogen (secondary N) is 1. The van der Waals surface area contributed by atoms with E-state index in [9.17, 15) is 9.18 Å². The van der Waals surface area contributed by atoms with E-state index in [-0.39, 0.29) is 5.56 Å². The van der Waals surface area contributed by atoms with E-state index in [1.165, 1.54) is 18.2 Å². The van der Waals surface area contributed by atoms with Crippen molar-refractivity contribution in [1.29, 1.82) is 0 Å². The van der Waals surface area contributed by atoms with Crippen molar-refractivity contribution in [2.24, 2.45) is 0 Å². The Labute approximate surface area is 167 Å². The maximum absolute atomic E-state index is 13.6. The van der Waals surface area contributed by atoms with E-state index >= 15 is 0 Å². The van der Waals surface area contributed by atoms with Gasteiger partial charge in [0.15, 0.2) is 5.58 Å². The Morgan fingerprint density at radius 1 is 1.11 bits per heavy atom. The fourth-order valence-corrected chi connectivity index (χ4v) is 3.06. The minimum Gasteiger partial charge on any atom is -0.436 e. The number of carbonyl (C=O) groups excluding carboxylic acids is 1. The lowest BCUT2D eigenvalue weighted by atomic mass is 10.2. The Hall–Kier alpha value is -2.70. The van der Waals surface area contributed by atoms with Crippen molar-refractivity contribution in [2.75, 3.05) is 5.32 Å². The molecule has 1 heterocycles. The molecule has 4 aromatic rings. The molecule has 0 aliphatic heterocycles. The first-order valence-electron chi connectivity index (χ1n) is 7.93. The van der Waals surface area contributed by atoms with Crippen LogP contribution >= 0.6 is 27.5 Å². The van der Waals surface area contributed by atoms with Crippen molar-refractivity contribution in [3.8, 4) is 11.5 Å². The maximum Gasteiger partial charge on any atom is 0.255 e.